The van der Waals surface area contributed by atoms with Crippen LogP contribution in [0.1, 0.15) is 33.3 Å². The SMILES string of the molecule is CCOC(=O)c1cn(CN2CCN(C(=O)c3ccc(Cl)cc3)CC2)nc1C(F)(F)F. The maximum absolute atomic E-state index is 13.2. The van der Waals surface area contributed by atoms with Crippen LogP contribution < -0.4 is 0 Å². The number of amides is 1. The second-order valence-electron chi connectivity index (χ2n) is 6.71. The van der Waals surface area contributed by atoms with Gasteiger partial charge in [0.05, 0.1) is 13.3 Å². The van der Waals surface area contributed by atoms with E-state index in [1.807, 2.05) is 4.90 Å². The van der Waals surface area contributed by atoms with Gasteiger partial charge in [0.15, 0.2) is 5.69 Å². The second kappa shape index (κ2) is 9.05. The third-order valence-electron chi connectivity index (χ3n) is 4.62. The number of nitrogens with zero attached hydrogens (tertiary/aromatic N) is 4. The van der Waals surface area contributed by atoms with Crippen molar-refractivity contribution in [3.05, 3.63) is 52.3 Å². The maximum atomic E-state index is 13.2. The van der Waals surface area contributed by atoms with Gasteiger partial charge in [-0.1, -0.05) is 11.6 Å². The molecular weight excluding hydrogens is 425 g/mol. The molecule has 1 aliphatic rings. The van der Waals surface area contributed by atoms with Crippen molar-refractivity contribution in [1.29, 1.82) is 0 Å². The highest BCUT2D eigenvalue weighted by Gasteiger charge is 2.40. The topological polar surface area (TPSA) is 67.7 Å². The van der Waals surface area contributed by atoms with E-state index in [0.29, 0.717) is 36.8 Å². The largest absolute Gasteiger partial charge is 0.462 e. The molecule has 1 fully saturated rings. The highest BCUT2D eigenvalue weighted by Crippen LogP contribution is 2.31. The van der Waals surface area contributed by atoms with Gasteiger partial charge in [0.1, 0.15) is 5.56 Å². The first-order chi connectivity index (χ1) is 14.2. The number of hydrogen-bond acceptors (Lipinski definition) is 5. The molecule has 1 aliphatic heterocycles. The van der Waals surface area contributed by atoms with Crippen molar-refractivity contribution in [2.75, 3.05) is 32.8 Å². The van der Waals surface area contributed by atoms with Crippen LogP contribution in [0.3, 0.4) is 0 Å². The third kappa shape index (κ3) is 5.11. The standard InChI is InChI=1S/C19H20ClF3N4O3/c1-2-30-18(29)15-11-27(24-16(15)19(21,22)23)12-25-7-9-26(10-8-25)17(28)13-3-5-14(20)6-4-13/h3-6,11H,2,7-10,12H2,1H3. The van der Waals surface area contributed by atoms with E-state index in [4.69, 9.17) is 16.3 Å². The predicted octanol–water partition coefficient (Wildman–Crippen LogP) is 3.15. The van der Waals surface area contributed by atoms with Gasteiger partial charge in [-0.25, -0.2) is 4.79 Å². The minimum absolute atomic E-state index is 0.0368. The Morgan fingerprint density at radius 1 is 1.13 bits per heavy atom. The Kier molecular flexibility index (Phi) is 6.67. The Morgan fingerprint density at radius 3 is 2.33 bits per heavy atom. The summed E-state index contributed by atoms with van der Waals surface area (Å²) >= 11 is 5.84. The van der Waals surface area contributed by atoms with E-state index < -0.39 is 23.4 Å². The summed E-state index contributed by atoms with van der Waals surface area (Å²) in [7, 11) is 0. The average molecular weight is 445 g/mol. The van der Waals surface area contributed by atoms with E-state index in [0.717, 1.165) is 10.9 Å². The van der Waals surface area contributed by atoms with Crippen LogP contribution in [0, 0.1) is 0 Å². The molecule has 2 aromatic rings. The van der Waals surface area contributed by atoms with E-state index in [1.165, 1.54) is 6.92 Å². The molecule has 0 N–H and O–H groups in total. The molecule has 0 aliphatic carbocycles. The fraction of sp³-hybridized carbons (Fsp3) is 0.421. The molecule has 1 saturated heterocycles. The molecule has 0 unspecified atom stereocenters. The Balaban J connectivity index is 1.64. The van der Waals surface area contributed by atoms with Crippen LogP contribution in [0.4, 0.5) is 13.2 Å². The summed E-state index contributed by atoms with van der Waals surface area (Å²) in [6.45, 7) is 3.28. The number of benzene rings is 1. The number of ether oxygens (including phenoxy) is 1. The molecule has 1 aromatic carbocycles. The molecule has 162 valence electrons. The molecule has 0 spiro atoms. The van der Waals surface area contributed by atoms with E-state index in [1.54, 1.807) is 29.2 Å². The average Bonchev–Trinajstić information content (AvgIpc) is 3.13. The van der Waals surface area contributed by atoms with Crippen molar-refractivity contribution in [2.24, 2.45) is 0 Å². The molecule has 0 bridgehead atoms. The third-order valence-corrected chi connectivity index (χ3v) is 4.87. The number of halogens is 4. The van der Waals surface area contributed by atoms with E-state index in [2.05, 4.69) is 5.10 Å². The summed E-state index contributed by atoms with van der Waals surface area (Å²) in [5.41, 5.74) is -1.35. The lowest BCUT2D eigenvalue weighted by atomic mass is 10.2. The Bertz CT molecular complexity index is 907. The van der Waals surface area contributed by atoms with Crippen LogP contribution in [0.5, 0.6) is 0 Å². The molecule has 0 radical (unpaired) electrons. The zero-order valence-electron chi connectivity index (χ0n) is 16.2. The lowest BCUT2D eigenvalue weighted by Crippen LogP contribution is -2.49. The smallest absolute Gasteiger partial charge is 0.436 e. The molecule has 2 heterocycles. The van der Waals surface area contributed by atoms with E-state index >= 15 is 0 Å². The zero-order valence-corrected chi connectivity index (χ0v) is 16.9. The van der Waals surface area contributed by atoms with Crippen molar-refractivity contribution >= 4 is 23.5 Å². The summed E-state index contributed by atoms with van der Waals surface area (Å²) in [4.78, 5) is 27.9. The fourth-order valence-corrected chi connectivity index (χ4v) is 3.26. The lowest BCUT2D eigenvalue weighted by Gasteiger charge is -2.34. The number of aromatic nitrogens is 2. The number of rotatable bonds is 5. The van der Waals surface area contributed by atoms with Crippen LogP contribution in [0.2, 0.25) is 5.02 Å². The van der Waals surface area contributed by atoms with E-state index in [-0.39, 0.29) is 19.2 Å². The highest BCUT2D eigenvalue weighted by molar-refractivity contribution is 6.30. The first-order valence-corrected chi connectivity index (χ1v) is 9.65. The van der Waals surface area contributed by atoms with Gasteiger partial charge < -0.3 is 9.64 Å². The number of piperazine rings is 1. The van der Waals surface area contributed by atoms with Crippen LogP contribution in [0.25, 0.3) is 0 Å². The van der Waals surface area contributed by atoms with Gasteiger partial charge in [0.2, 0.25) is 0 Å². The van der Waals surface area contributed by atoms with Gasteiger partial charge in [-0.3, -0.25) is 14.4 Å². The van der Waals surface area contributed by atoms with Gasteiger partial charge in [-0.05, 0) is 31.2 Å². The van der Waals surface area contributed by atoms with Gasteiger partial charge in [-0.15, -0.1) is 0 Å². The molecular formula is C19H20ClF3N4O3. The van der Waals surface area contributed by atoms with Gasteiger partial charge in [0, 0.05) is 43.0 Å². The van der Waals surface area contributed by atoms with Crippen molar-refractivity contribution in [3.63, 3.8) is 0 Å². The molecule has 0 saturated carbocycles. The molecule has 1 aromatic heterocycles. The quantitative estimate of drug-likeness (QED) is 0.663. The number of esters is 1. The number of alkyl halides is 3. The van der Waals surface area contributed by atoms with Crippen LogP contribution in [0.15, 0.2) is 30.5 Å². The van der Waals surface area contributed by atoms with Crippen LogP contribution >= 0.6 is 11.6 Å². The normalized spacial score (nSPS) is 15.3. The lowest BCUT2D eigenvalue weighted by molar-refractivity contribution is -0.142. The van der Waals surface area contributed by atoms with Crippen molar-refractivity contribution in [3.8, 4) is 0 Å². The molecule has 0 atom stereocenters. The van der Waals surface area contributed by atoms with Gasteiger partial charge in [-0.2, -0.15) is 18.3 Å². The second-order valence-corrected chi connectivity index (χ2v) is 7.14. The number of carbonyl (C=O) groups is 2. The first-order valence-electron chi connectivity index (χ1n) is 9.28. The number of hydrogen-bond donors (Lipinski definition) is 0. The summed E-state index contributed by atoms with van der Waals surface area (Å²) in [6, 6.07) is 6.58. The molecule has 1 amide bonds. The van der Waals surface area contributed by atoms with Crippen LogP contribution in [-0.4, -0.2) is 64.2 Å². The Morgan fingerprint density at radius 2 is 1.77 bits per heavy atom. The zero-order chi connectivity index (χ0) is 21.9. The number of carbonyl (C=O) groups excluding carboxylic acids is 2. The molecule has 30 heavy (non-hydrogen) atoms. The fourth-order valence-electron chi connectivity index (χ4n) is 3.13. The Labute approximate surface area is 175 Å². The summed E-state index contributed by atoms with van der Waals surface area (Å²) in [6.07, 6.45) is -3.72. The van der Waals surface area contributed by atoms with Crippen molar-refractivity contribution < 1.29 is 27.5 Å². The minimum Gasteiger partial charge on any atom is -0.462 e. The van der Waals surface area contributed by atoms with Crippen molar-refractivity contribution in [2.45, 2.75) is 19.8 Å². The molecule has 11 heteroatoms. The molecule has 7 nitrogen and oxygen atoms in total. The Hall–Kier alpha value is -2.59. The monoisotopic (exact) mass is 444 g/mol. The molecule has 3 rings (SSSR count). The van der Waals surface area contributed by atoms with Gasteiger partial charge in [0.25, 0.3) is 5.91 Å². The minimum atomic E-state index is -4.77. The van der Waals surface area contributed by atoms with Gasteiger partial charge >= 0.3 is 12.1 Å². The summed E-state index contributed by atoms with van der Waals surface area (Å²) in [5.74, 6) is -1.19. The van der Waals surface area contributed by atoms with E-state index in [9.17, 15) is 22.8 Å². The first kappa shape index (κ1) is 22.1. The van der Waals surface area contributed by atoms with Crippen LogP contribution in [-0.2, 0) is 17.6 Å². The van der Waals surface area contributed by atoms with Crippen molar-refractivity contribution in [1.82, 2.24) is 19.6 Å². The maximum Gasteiger partial charge on any atom is 0.436 e. The predicted molar refractivity (Wildman–Crippen MR) is 102 cm³/mol. The highest BCUT2D eigenvalue weighted by atomic mass is 35.5. The summed E-state index contributed by atoms with van der Waals surface area (Å²) in [5, 5.41) is 4.08. The summed E-state index contributed by atoms with van der Waals surface area (Å²) < 4.78 is 45.4.